The van der Waals surface area contributed by atoms with Crippen molar-refractivity contribution in [2.45, 2.75) is 18.9 Å². The van der Waals surface area contributed by atoms with Gasteiger partial charge in [0.2, 0.25) is 0 Å². The van der Waals surface area contributed by atoms with E-state index in [1.54, 1.807) is 6.20 Å². The predicted molar refractivity (Wildman–Crippen MR) is 53.7 cm³/mol. The fraction of sp³-hybridized carbons (Fsp3) is 0.556. The quantitative estimate of drug-likeness (QED) is 0.642. The van der Waals surface area contributed by atoms with Crippen LogP contribution in [0.15, 0.2) is 12.4 Å². The Morgan fingerprint density at radius 1 is 1.43 bits per heavy atom. The van der Waals surface area contributed by atoms with E-state index in [9.17, 15) is 0 Å². The molecule has 0 atom stereocenters. The summed E-state index contributed by atoms with van der Waals surface area (Å²) in [6, 6.07) is 0. The minimum atomic E-state index is -0.0979. The molecule has 0 aliphatic heterocycles. The van der Waals surface area contributed by atoms with Crippen molar-refractivity contribution in [1.82, 2.24) is 9.97 Å². The second-order valence-corrected chi connectivity index (χ2v) is 3.70. The second kappa shape index (κ2) is 3.79. The van der Waals surface area contributed by atoms with Crippen molar-refractivity contribution >= 4 is 11.6 Å². The van der Waals surface area contributed by atoms with Gasteiger partial charge in [0.15, 0.2) is 0 Å². The number of hydrogen-bond donors (Lipinski definition) is 3. The SMILES string of the molecule is Nc1cnc(NCC2CC(O)C2)cn1. The van der Waals surface area contributed by atoms with Crippen LogP contribution in [0.1, 0.15) is 12.8 Å². The normalized spacial score (nSPS) is 25.5. The first-order chi connectivity index (χ1) is 6.74. The van der Waals surface area contributed by atoms with E-state index in [1.807, 2.05) is 0 Å². The summed E-state index contributed by atoms with van der Waals surface area (Å²) in [5.41, 5.74) is 5.40. The summed E-state index contributed by atoms with van der Waals surface area (Å²) in [5.74, 6) is 1.72. The fourth-order valence-electron chi connectivity index (χ4n) is 1.55. The standard InChI is InChI=1S/C9H14N4O/c10-8-4-13-9(5-11-8)12-3-6-1-7(14)2-6/h4-7,14H,1-3H2,(H2,10,11)(H,12,13). The Kier molecular flexibility index (Phi) is 2.49. The molecule has 1 aromatic rings. The van der Waals surface area contributed by atoms with Crippen LogP contribution in [0.2, 0.25) is 0 Å². The molecule has 0 spiro atoms. The average Bonchev–Trinajstić information content (AvgIpc) is 2.13. The molecule has 0 amide bonds. The number of rotatable bonds is 3. The Bertz CT molecular complexity index is 294. The molecule has 1 fully saturated rings. The third kappa shape index (κ3) is 2.11. The van der Waals surface area contributed by atoms with E-state index in [0.717, 1.165) is 25.2 Å². The number of aromatic nitrogens is 2. The summed E-state index contributed by atoms with van der Waals surface area (Å²) in [5, 5.41) is 12.2. The summed E-state index contributed by atoms with van der Waals surface area (Å²) >= 11 is 0. The molecule has 1 aliphatic rings. The number of hydrogen-bond acceptors (Lipinski definition) is 5. The molecule has 1 heterocycles. The van der Waals surface area contributed by atoms with Crippen LogP contribution in [0.4, 0.5) is 11.6 Å². The number of nitrogen functional groups attached to an aromatic ring is 1. The third-order valence-electron chi connectivity index (χ3n) is 2.45. The van der Waals surface area contributed by atoms with Gasteiger partial charge in [0.25, 0.3) is 0 Å². The maximum absolute atomic E-state index is 9.08. The van der Waals surface area contributed by atoms with Crippen LogP contribution in [0.25, 0.3) is 0 Å². The molecular formula is C9H14N4O. The van der Waals surface area contributed by atoms with Gasteiger partial charge in [0, 0.05) is 6.54 Å². The van der Waals surface area contributed by atoms with E-state index >= 15 is 0 Å². The number of nitrogens with one attached hydrogen (secondary N) is 1. The van der Waals surface area contributed by atoms with Gasteiger partial charge in [0.1, 0.15) is 11.6 Å². The van der Waals surface area contributed by atoms with Crippen molar-refractivity contribution < 1.29 is 5.11 Å². The molecule has 5 heteroatoms. The number of anilines is 2. The highest BCUT2D eigenvalue weighted by molar-refractivity contribution is 5.35. The van der Waals surface area contributed by atoms with Crippen LogP contribution in [0.5, 0.6) is 0 Å². The van der Waals surface area contributed by atoms with E-state index < -0.39 is 0 Å². The van der Waals surface area contributed by atoms with Crippen LogP contribution in [-0.4, -0.2) is 27.7 Å². The lowest BCUT2D eigenvalue weighted by atomic mass is 9.82. The highest BCUT2D eigenvalue weighted by Gasteiger charge is 2.26. The molecule has 0 saturated heterocycles. The molecule has 0 radical (unpaired) electrons. The monoisotopic (exact) mass is 194 g/mol. The summed E-state index contributed by atoms with van der Waals surface area (Å²) < 4.78 is 0. The Morgan fingerprint density at radius 3 is 2.79 bits per heavy atom. The molecule has 0 aromatic carbocycles. The number of nitrogens with zero attached hydrogens (tertiary/aromatic N) is 2. The molecule has 2 rings (SSSR count). The van der Waals surface area contributed by atoms with Crippen LogP contribution in [-0.2, 0) is 0 Å². The van der Waals surface area contributed by atoms with Crippen molar-refractivity contribution in [3.05, 3.63) is 12.4 Å². The Balaban J connectivity index is 1.78. The molecule has 5 nitrogen and oxygen atoms in total. The van der Waals surface area contributed by atoms with E-state index in [1.165, 1.54) is 6.20 Å². The molecule has 1 aliphatic carbocycles. The van der Waals surface area contributed by atoms with E-state index in [-0.39, 0.29) is 6.10 Å². The fourth-order valence-corrected chi connectivity index (χ4v) is 1.55. The third-order valence-corrected chi connectivity index (χ3v) is 2.45. The van der Waals surface area contributed by atoms with Gasteiger partial charge in [-0.3, -0.25) is 0 Å². The first-order valence-electron chi connectivity index (χ1n) is 4.73. The number of aliphatic hydroxyl groups excluding tert-OH is 1. The van der Waals surface area contributed by atoms with Gasteiger partial charge in [-0.15, -0.1) is 0 Å². The lowest BCUT2D eigenvalue weighted by Crippen LogP contribution is -2.33. The van der Waals surface area contributed by atoms with Gasteiger partial charge in [-0.25, -0.2) is 9.97 Å². The maximum atomic E-state index is 9.08. The molecule has 4 N–H and O–H groups in total. The molecule has 14 heavy (non-hydrogen) atoms. The van der Waals surface area contributed by atoms with Crippen molar-refractivity contribution in [1.29, 1.82) is 0 Å². The highest BCUT2D eigenvalue weighted by atomic mass is 16.3. The average molecular weight is 194 g/mol. The molecule has 76 valence electrons. The van der Waals surface area contributed by atoms with Gasteiger partial charge < -0.3 is 16.2 Å². The largest absolute Gasteiger partial charge is 0.393 e. The van der Waals surface area contributed by atoms with Crippen molar-refractivity contribution in [3.8, 4) is 0 Å². The molecule has 0 bridgehead atoms. The first kappa shape index (κ1) is 9.21. The van der Waals surface area contributed by atoms with Crippen LogP contribution in [0.3, 0.4) is 0 Å². The van der Waals surface area contributed by atoms with Gasteiger partial charge in [-0.2, -0.15) is 0 Å². The predicted octanol–water partition coefficient (Wildman–Crippen LogP) is 0.242. The topological polar surface area (TPSA) is 84.1 Å². The van der Waals surface area contributed by atoms with E-state index in [4.69, 9.17) is 10.8 Å². The van der Waals surface area contributed by atoms with E-state index in [0.29, 0.717) is 11.7 Å². The van der Waals surface area contributed by atoms with Crippen molar-refractivity contribution in [2.24, 2.45) is 5.92 Å². The Morgan fingerprint density at radius 2 is 2.21 bits per heavy atom. The highest BCUT2D eigenvalue weighted by Crippen LogP contribution is 2.26. The summed E-state index contributed by atoms with van der Waals surface area (Å²) in [6.45, 7) is 0.843. The Hall–Kier alpha value is -1.36. The van der Waals surface area contributed by atoms with Crippen LogP contribution < -0.4 is 11.1 Å². The lowest BCUT2D eigenvalue weighted by Gasteiger charge is -2.31. The van der Waals surface area contributed by atoms with Crippen LogP contribution in [0, 0.1) is 5.92 Å². The maximum Gasteiger partial charge on any atom is 0.144 e. The van der Waals surface area contributed by atoms with Gasteiger partial charge in [-0.05, 0) is 18.8 Å². The molecule has 1 aromatic heterocycles. The van der Waals surface area contributed by atoms with Crippen LogP contribution >= 0.6 is 0 Å². The zero-order chi connectivity index (χ0) is 9.97. The van der Waals surface area contributed by atoms with E-state index in [2.05, 4.69) is 15.3 Å². The molecule has 0 unspecified atom stereocenters. The summed E-state index contributed by atoms with van der Waals surface area (Å²) in [6.07, 6.45) is 4.81. The zero-order valence-corrected chi connectivity index (χ0v) is 7.85. The smallest absolute Gasteiger partial charge is 0.144 e. The van der Waals surface area contributed by atoms with Crippen molar-refractivity contribution in [3.63, 3.8) is 0 Å². The Labute approximate surface area is 82.4 Å². The molecule has 1 saturated carbocycles. The minimum absolute atomic E-state index is 0.0979. The number of aliphatic hydroxyl groups is 1. The van der Waals surface area contributed by atoms with Gasteiger partial charge >= 0.3 is 0 Å². The number of nitrogens with two attached hydrogens (primary N) is 1. The molecular weight excluding hydrogens is 180 g/mol. The van der Waals surface area contributed by atoms with Gasteiger partial charge in [0.05, 0.1) is 18.5 Å². The zero-order valence-electron chi connectivity index (χ0n) is 7.85. The lowest BCUT2D eigenvalue weighted by molar-refractivity contribution is 0.0486. The minimum Gasteiger partial charge on any atom is -0.393 e. The van der Waals surface area contributed by atoms with Gasteiger partial charge in [-0.1, -0.05) is 0 Å². The van der Waals surface area contributed by atoms with Crippen molar-refractivity contribution in [2.75, 3.05) is 17.6 Å². The first-order valence-corrected chi connectivity index (χ1v) is 4.73. The second-order valence-electron chi connectivity index (χ2n) is 3.70. The summed E-state index contributed by atoms with van der Waals surface area (Å²) in [7, 11) is 0. The summed E-state index contributed by atoms with van der Waals surface area (Å²) in [4.78, 5) is 7.99.